The first kappa shape index (κ1) is 12.6. The highest BCUT2D eigenvalue weighted by atomic mass is 32.1. The molecule has 0 unspecified atom stereocenters. The normalized spacial score (nSPS) is 22.5. The van der Waals surface area contributed by atoms with Gasteiger partial charge in [-0.25, -0.2) is 4.98 Å². The zero-order valence-corrected chi connectivity index (χ0v) is 11.3. The molecule has 0 saturated heterocycles. The third-order valence-corrected chi connectivity index (χ3v) is 4.42. The molecule has 1 saturated carbocycles. The first-order chi connectivity index (χ1) is 8.24. The Hall–Kier alpha value is -0.900. The van der Waals surface area contributed by atoms with Gasteiger partial charge in [-0.3, -0.25) is 4.79 Å². The van der Waals surface area contributed by atoms with Crippen molar-refractivity contribution in [2.24, 2.45) is 11.8 Å². The van der Waals surface area contributed by atoms with Crippen molar-refractivity contribution in [1.82, 2.24) is 10.3 Å². The van der Waals surface area contributed by atoms with Crippen LogP contribution in [0.15, 0.2) is 6.20 Å². The van der Waals surface area contributed by atoms with Gasteiger partial charge in [0.2, 0.25) is 5.91 Å². The highest BCUT2D eigenvalue weighted by Gasteiger charge is 2.41. The molecule has 1 aliphatic rings. The van der Waals surface area contributed by atoms with Gasteiger partial charge in [-0.2, -0.15) is 0 Å². The Morgan fingerprint density at radius 3 is 3.06 bits per heavy atom. The van der Waals surface area contributed by atoms with Crippen molar-refractivity contribution >= 4 is 17.2 Å². The summed E-state index contributed by atoms with van der Waals surface area (Å²) in [6.07, 6.45) is 6.38. The molecule has 2 atom stereocenters. The summed E-state index contributed by atoms with van der Waals surface area (Å²) in [6, 6.07) is 0. The van der Waals surface area contributed by atoms with E-state index in [4.69, 9.17) is 0 Å². The summed E-state index contributed by atoms with van der Waals surface area (Å²) >= 11 is 1.69. The molecule has 1 heterocycles. The molecule has 17 heavy (non-hydrogen) atoms. The lowest BCUT2D eigenvalue weighted by molar-refractivity contribution is -0.122. The molecule has 4 heteroatoms. The largest absolute Gasteiger partial charge is 0.349 e. The SMILES string of the molecule is CCC[C@@H]1C[C@H]1C(=O)NCc1ncc(CC)s1. The molecule has 0 bridgehead atoms. The van der Waals surface area contributed by atoms with Gasteiger partial charge in [-0.1, -0.05) is 20.3 Å². The van der Waals surface area contributed by atoms with E-state index in [9.17, 15) is 4.79 Å². The van der Waals surface area contributed by atoms with Gasteiger partial charge in [0.05, 0.1) is 6.54 Å². The van der Waals surface area contributed by atoms with Crippen molar-refractivity contribution < 1.29 is 4.79 Å². The Morgan fingerprint density at radius 1 is 1.59 bits per heavy atom. The van der Waals surface area contributed by atoms with E-state index < -0.39 is 0 Å². The number of nitrogens with zero attached hydrogens (tertiary/aromatic N) is 1. The van der Waals surface area contributed by atoms with Gasteiger partial charge >= 0.3 is 0 Å². The third-order valence-electron chi connectivity index (χ3n) is 3.28. The maximum Gasteiger partial charge on any atom is 0.223 e. The number of amides is 1. The third kappa shape index (κ3) is 3.28. The molecule has 0 spiro atoms. The number of aromatic nitrogens is 1. The summed E-state index contributed by atoms with van der Waals surface area (Å²) in [4.78, 5) is 17.4. The van der Waals surface area contributed by atoms with E-state index in [1.165, 1.54) is 17.7 Å². The minimum atomic E-state index is 0.219. The predicted octanol–water partition coefficient (Wildman–Crippen LogP) is 2.76. The maximum atomic E-state index is 11.8. The van der Waals surface area contributed by atoms with E-state index in [0.29, 0.717) is 12.5 Å². The van der Waals surface area contributed by atoms with Crippen LogP contribution in [0.2, 0.25) is 0 Å². The second-order valence-corrected chi connectivity index (χ2v) is 5.88. The fourth-order valence-electron chi connectivity index (χ4n) is 2.15. The number of nitrogens with one attached hydrogen (secondary N) is 1. The van der Waals surface area contributed by atoms with Gasteiger partial charge in [0.1, 0.15) is 5.01 Å². The van der Waals surface area contributed by atoms with E-state index in [0.717, 1.165) is 17.8 Å². The minimum Gasteiger partial charge on any atom is -0.349 e. The number of carbonyl (C=O) groups is 1. The Kier molecular flexibility index (Phi) is 4.15. The van der Waals surface area contributed by atoms with E-state index in [1.54, 1.807) is 11.3 Å². The molecule has 0 radical (unpaired) electrons. The maximum absolute atomic E-state index is 11.8. The van der Waals surface area contributed by atoms with Gasteiger partial charge in [0, 0.05) is 17.0 Å². The van der Waals surface area contributed by atoms with Crippen LogP contribution < -0.4 is 5.32 Å². The van der Waals surface area contributed by atoms with Crippen LogP contribution in [0, 0.1) is 11.8 Å². The molecule has 2 rings (SSSR count). The topological polar surface area (TPSA) is 42.0 Å². The standard InChI is InChI=1S/C13H20N2OS/c1-3-5-9-6-11(9)13(16)15-8-12-14-7-10(4-2)17-12/h7,9,11H,3-6,8H2,1-2H3,(H,15,16)/t9-,11-/m1/s1. The summed E-state index contributed by atoms with van der Waals surface area (Å²) in [7, 11) is 0. The fraction of sp³-hybridized carbons (Fsp3) is 0.692. The summed E-state index contributed by atoms with van der Waals surface area (Å²) in [5.74, 6) is 1.14. The Bertz CT molecular complexity index is 389. The van der Waals surface area contributed by atoms with E-state index in [1.807, 2.05) is 6.20 Å². The zero-order chi connectivity index (χ0) is 12.3. The second kappa shape index (κ2) is 5.63. The molecule has 1 aromatic rings. The minimum absolute atomic E-state index is 0.219. The highest BCUT2D eigenvalue weighted by Crippen LogP contribution is 2.42. The molecular weight excluding hydrogens is 232 g/mol. The number of hydrogen-bond donors (Lipinski definition) is 1. The molecule has 3 nitrogen and oxygen atoms in total. The molecule has 0 aliphatic heterocycles. The summed E-state index contributed by atoms with van der Waals surface area (Å²) in [6.45, 7) is 4.89. The summed E-state index contributed by atoms with van der Waals surface area (Å²) in [5.41, 5.74) is 0. The average molecular weight is 252 g/mol. The van der Waals surface area contributed by atoms with Crippen molar-refractivity contribution in [1.29, 1.82) is 0 Å². The molecule has 1 amide bonds. The van der Waals surface area contributed by atoms with Gasteiger partial charge in [0.25, 0.3) is 0 Å². The monoisotopic (exact) mass is 252 g/mol. The number of carbonyl (C=O) groups excluding carboxylic acids is 1. The molecular formula is C13H20N2OS. The van der Waals surface area contributed by atoms with Crippen molar-refractivity contribution in [3.63, 3.8) is 0 Å². The average Bonchev–Trinajstić information content (AvgIpc) is 2.94. The summed E-state index contributed by atoms with van der Waals surface area (Å²) < 4.78 is 0. The molecule has 0 aromatic carbocycles. The Morgan fingerprint density at radius 2 is 2.41 bits per heavy atom. The zero-order valence-electron chi connectivity index (χ0n) is 10.5. The Balaban J connectivity index is 1.73. The van der Waals surface area contributed by atoms with Crippen LogP contribution in [0.4, 0.5) is 0 Å². The van der Waals surface area contributed by atoms with E-state index in [2.05, 4.69) is 24.1 Å². The lowest BCUT2D eigenvalue weighted by Crippen LogP contribution is -2.24. The molecule has 1 aliphatic carbocycles. The van der Waals surface area contributed by atoms with Gasteiger partial charge in [-0.15, -0.1) is 11.3 Å². The quantitative estimate of drug-likeness (QED) is 0.846. The number of hydrogen-bond acceptors (Lipinski definition) is 3. The number of aryl methyl sites for hydroxylation is 1. The van der Waals surface area contributed by atoms with Gasteiger partial charge < -0.3 is 5.32 Å². The highest BCUT2D eigenvalue weighted by molar-refractivity contribution is 7.11. The summed E-state index contributed by atoms with van der Waals surface area (Å²) in [5, 5.41) is 4.01. The van der Waals surface area contributed by atoms with Crippen molar-refractivity contribution in [3.8, 4) is 0 Å². The van der Waals surface area contributed by atoms with Crippen LogP contribution in [-0.2, 0) is 17.8 Å². The van der Waals surface area contributed by atoms with Crippen LogP contribution >= 0.6 is 11.3 Å². The van der Waals surface area contributed by atoms with E-state index >= 15 is 0 Å². The number of rotatable bonds is 6. The molecule has 1 aromatic heterocycles. The van der Waals surface area contributed by atoms with Crippen LogP contribution in [0.5, 0.6) is 0 Å². The van der Waals surface area contributed by atoms with Crippen molar-refractivity contribution in [2.45, 2.75) is 46.1 Å². The van der Waals surface area contributed by atoms with Crippen LogP contribution in [0.1, 0.15) is 43.0 Å². The van der Waals surface area contributed by atoms with Gasteiger partial charge in [0.15, 0.2) is 0 Å². The van der Waals surface area contributed by atoms with Crippen molar-refractivity contribution in [2.75, 3.05) is 0 Å². The van der Waals surface area contributed by atoms with E-state index in [-0.39, 0.29) is 11.8 Å². The van der Waals surface area contributed by atoms with Crippen LogP contribution in [-0.4, -0.2) is 10.9 Å². The number of thiazole rings is 1. The lowest BCUT2D eigenvalue weighted by Gasteiger charge is -2.01. The second-order valence-electron chi connectivity index (χ2n) is 4.68. The van der Waals surface area contributed by atoms with Crippen molar-refractivity contribution in [3.05, 3.63) is 16.1 Å². The molecule has 94 valence electrons. The molecule has 1 fully saturated rings. The fourth-order valence-corrected chi connectivity index (χ4v) is 2.95. The smallest absolute Gasteiger partial charge is 0.223 e. The lowest BCUT2D eigenvalue weighted by atomic mass is 10.2. The van der Waals surface area contributed by atoms with Crippen LogP contribution in [0.25, 0.3) is 0 Å². The molecule has 1 N–H and O–H groups in total. The first-order valence-electron chi connectivity index (χ1n) is 6.45. The van der Waals surface area contributed by atoms with Gasteiger partial charge in [-0.05, 0) is 25.2 Å². The predicted molar refractivity (Wildman–Crippen MR) is 69.8 cm³/mol. The Labute approximate surface area is 107 Å². The van der Waals surface area contributed by atoms with Crippen LogP contribution in [0.3, 0.4) is 0 Å². The first-order valence-corrected chi connectivity index (χ1v) is 7.27.